The molecule has 1 aromatic rings. The van der Waals surface area contributed by atoms with Gasteiger partial charge in [-0.2, -0.15) is 0 Å². The summed E-state index contributed by atoms with van der Waals surface area (Å²) in [5.41, 5.74) is 1.52. The zero-order valence-electron chi connectivity index (χ0n) is 8.45. The number of carbonyl (C=O) groups excluding carboxylic acids is 1. The number of rotatable bonds is 3. The number of carbonyl (C=O) groups is 2. The van der Waals surface area contributed by atoms with Gasteiger partial charge in [0.1, 0.15) is 5.38 Å². The quantitative estimate of drug-likeness (QED) is 0.806. The third kappa shape index (κ3) is 2.57. The molecule has 80 valence electrons. The van der Waals surface area contributed by atoms with E-state index in [-0.39, 0.29) is 11.3 Å². The van der Waals surface area contributed by atoms with Crippen LogP contribution in [0.4, 0.5) is 0 Å². The van der Waals surface area contributed by atoms with Crippen LogP contribution in [0.25, 0.3) is 0 Å². The van der Waals surface area contributed by atoms with Gasteiger partial charge in [-0.15, -0.1) is 11.6 Å². The van der Waals surface area contributed by atoms with Crippen molar-refractivity contribution in [2.24, 2.45) is 0 Å². The fourth-order valence-electron chi connectivity index (χ4n) is 1.27. The summed E-state index contributed by atoms with van der Waals surface area (Å²) in [6, 6.07) is 4.58. The summed E-state index contributed by atoms with van der Waals surface area (Å²) in [6.45, 7) is 3.17. The van der Waals surface area contributed by atoms with Crippen molar-refractivity contribution in [2.45, 2.75) is 19.2 Å². The Balaban J connectivity index is 3.22. The Labute approximate surface area is 92.7 Å². The largest absolute Gasteiger partial charge is 0.478 e. The molecule has 1 rings (SSSR count). The second kappa shape index (κ2) is 4.45. The molecule has 4 heteroatoms. The zero-order chi connectivity index (χ0) is 11.6. The number of hydrogen-bond acceptors (Lipinski definition) is 2. The molecular weight excluding hydrogens is 216 g/mol. The fourth-order valence-corrected chi connectivity index (χ4v) is 1.50. The second-order valence-electron chi connectivity index (χ2n) is 3.35. The van der Waals surface area contributed by atoms with E-state index in [0.29, 0.717) is 5.56 Å². The maximum Gasteiger partial charge on any atom is 0.335 e. The third-order valence-corrected chi connectivity index (χ3v) is 2.70. The van der Waals surface area contributed by atoms with Crippen LogP contribution in [0.2, 0.25) is 0 Å². The number of aromatic carboxylic acids is 1. The van der Waals surface area contributed by atoms with Gasteiger partial charge in [0.15, 0.2) is 5.78 Å². The molecule has 0 aliphatic carbocycles. The monoisotopic (exact) mass is 226 g/mol. The Kier molecular flexibility index (Phi) is 3.48. The van der Waals surface area contributed by atoms with Crippen molar-refractivity contribution in [3.63, 3.8) is 0 Å². The van der Waals surface area contributed by atoms with Gasteiger partial charge in [-0.25, -0.2) is 4.79 Å². The Bertz CT molecular complexity index is 412. The maximum atomic E-state index is 11.1. The first-order valence-electron chi connectivity index (χ1n) is 4.42. The molecule has 1 N–H and O–H groups in total. The van der Waals surface area contributed by atoms with E-state index in [1.54, 1.807) is 13.0 Å². The molecule has 15 heavy (non-hydrogen) atoms. The number of aryl methyl sites for hydroxylation is 1. The van der Waals surface area contributed by atoms with E-state index in [4.69, 9.17) is 16.7 Å². The van der Waals surface area contributed by atoms with Gasteiger partial charge in [0.2, 0.25) is 0 Å². The van der Waals surface area contributed by atoms with Gasteiger partial charge < -0.3 is 5.11 Å². The highest BCUT2D eigenvalue weighted by Gasteiger charge is 2.17. The topological polar surface area (TPSA) is 54.4 Å². The van der Waals surface area contributed by atoms with Crippen molar-refractivity contribution >= 4 is 23.4 Å². The molecule has 0 bridgehead atoms. The van der Waals surface area contributed by atoms with Gasteiger partial charge in [0.05, 0.1) is 5.56 Å². The Morgan fingerprint density at radius 3 is 2.47 bits per heavy atom. The summed E-state index contributed by atoms with van der Waals surface area (Å²) >= 11 is 5.88. The van der Waals surface area contributed by atoms with E-state index in [2.05, 4.69) is 0 Å². The van der Waals surface area contributed by atoms with E-state index in [1.165, 1.54) is 19.1 Å². The standard InChI is InChI=1S/C11H11ClO3/c1-6-3-4-8(11(14)15)5-9(6)10(12)7(2)13/h3-5,10H,1-2H3,(H,14,15). The normalized spacial score (nSPS) is 12.2. The van der Waals surface area contributed by atoms with E-state index in [1.807, 2.05) is 0 Å². The van der Waals surface area contributed by atoms with Crippen LogP contribution in [-0.2, 0) is 4.79 Å². The van der Waals surface area contributed by atoms with Gasteiger partial charge >= 0.3 is 5.97 Å². The first-order chi connectivity index (χ1) is 6.93. The summed E-state index contributed by atoms with van der Waals surface area (Å²) < 4.78 is 0. The lowest BCUT2D eigenvalue weighted by atomic mass is 10.0. The average Bonchev–Trinajstić information content (AvgIpc) is 2.16. The number of alkyl halides is 1. The second-order valence-corrected chi connectivity index (χ2v) is 3.79. The van der Waals surface area contributed by atoms with Crippen molar-refractivity contribution < 1.29 is 14.7 Å². The Morgan fingerprint density at radius 1 is 1.40 bits per heavy atom. The lowest BCUT2D eigenvalue weighted by Gasteiger charge is -2.10. The van der Waals surface area contributed by atoms with Crippen molar-refractivity contribution in [3.8, 4) is 0 Å². The molecule has 1 unspecified atom stereocenters. The van der Waals surface area contributed by atoms with Gasteiger partial charge in [0, 0.05) is 0 Å². The van der Waals surface area contributed by atoms with E-state index in [9.17, 15) is 9.59 Å². The van der Waals surface area contributed by atoms with Crippen LogP contribution in [0, 0.1) is 6.92 Å². The number of ketones is 1. The van der Waals surface area contributed by atoms with E-state index < -0.39 is 11.3 Å². The molecule has 3 nitrogen and oxygen atoms in total. The van der Waals surface area contributed by atoms with Crippen molar-refractivity contribution in [1.29, 1.82) is 0 Å². The van der Waals surface area contributed by atoms with Crippen molar-refractivity contribution in [3.05, 3.63) is 34.9 Å². The molecule has 0 aliphatic rings. The minimum absolute atomic E-state index is 0.141. The fraction of sp³-hybridized carbons (Fsp3) is 0.273. The van der Waals surface area contributed by atoms with Crippen LogP contribution < -0.4 is 0 Å². The third-order valence-electron chi connectivity index (χ3n) is 2.16. The van der Waals surface area contributed by atoms with Crippen LogP contribution in [-0.4, -0.2) is 16.9 Å². The van der Waals surface area contributed by atoms with Crippen LogP contribution in [0.1, 0.15) is 33.8 Å². The summed E-state index contributed by atoms with van der Waals surface area (Å²) in [5.74, 6) is -1.22. The Morgan fingerprint density at radius 2 is 2.00 bits per heavy atom. The van der Waals surface area contributed by atoms with Crippen LogP contribution in [0.3, 0.4) is 0 Å². The predicted molar refractivity (Wildman–Crippen MR) is 57.4 cm³/mol. The molecule has 0 spiro atoms. The highest BCUT2D eigenvalue weighted by atomic mass is 35.5. The Hall–Kier alpha value is -1.35. The average molecular weight is 227 g/mol. The molecule has 0 radical (unpaired) electrons. The zero-order valence-corrected chi connectivity index (χ0v) is 9.21. The minimum Gasteiger partial charge on any atom is -0.478 e. The minimum atomic E-state index is -1.02. The lowest BCUT2D eigenvalue weighted by molar-refractivity contribution is -0.116. The first-order valence-corrected chi connectivity index (χ1v) is 4.85. The van der Waals surface area contributed by atoms with Gasteiger partial charge in [-0.05, 0) is 37.1 Å². The summed E-state index contributed by atoms with van der Waals surface area (Å²) in [4.78, 5) is 21.8. The molecule has 0 saturated heterocycles. The van der Waals surface area contributed by atoms with Crippen molar-refractivity contribution in [2.75, 3.05) is 0 Å². The van der Waals surface area contributed by atoms with Gasteiger partial charge in [-0.1, -0.05) is 6.07 Å². The molecule has 0 aromatic heterocycles. The highest BCUT2D eigenvalue weighted by Crippen LogP contribution is 2.25. The molecule has 0 aliphatic heterocycles. The van der Waals surface area contributed by atoms with Gasteiger partial charge in [-0.3, -0.25) is 4.79 Å². The molecular formula is C11H11ClO3. The number of benzene rings is 1. The SMILES string of the molecule is CC(=O)C(Cl)c1cc(C(=O)O)ccc1C. The number of halogens is 1. The van der Waals surface area contributed by atoms with Gasteiger partial charge in [0.25, 0.3) is 0 Å². The van der Waals surface area contributed by atoms with E-state index >= 15 is 0 Å². The predicted octanol–water partition coefficient (Wildman–Crippen LogP) is 2.56. The van der Waals surface area contributed by atoms with Crippen LogP contribution >= 0.6 is 11.6 Å². The number of carboxylic acids is 1. The summed E-state index contributed by atoms with van der Waals surface area (Å²) in [5, 5.41) is 8.02. The molecule has 0 fully saturated rings. The number of carboxylic acid groups (broad SMARTS) is 1. The van der Waals surface area contributed by atoms with Crippen LogP contribution in [0.15, 0.2) is 18.2 Å². The molecule has 0 amide bonds. The maximum absolute atomic E-state index is 11.1. The smallest absolute Gasteiger partial charge is 0.335 e. The molecule has 0 heterocycles. The lowest BCUT2D eigenvalue weighted by Crippen LogP contribution is -2.06. The van der Waals surface area contributed by atoms with E-state index in [0.717, 1.165) is 5.56 Å². The molecule has 0 saturated carbocycles. The summed E-state index contributed by atoms with van der Waals surface area (Å²) in [7, 11) is 0. The van der Waals surface area contributed by atoms with Crippen LogP contribution in [0.5, 0.6) is 0 Å². The summed E-state index contributed by atoms with van der Waals surface area (Å²) in [6.07, 6.45) is 0. The highest BCUT2D eigenvalue weighted by molar-refractivity contribution is 6.31. The molecule has 1 aromatic carbocycles. The first kappa shape index (κ1) is 11.7. The number of Topliss-reactive ketones (excluding diaryl/α,β-unsaturated/α-hetero) is 1. The van der Waals surface area contributed by atoms with Crippen molar-refractivity contribution in [1.82, 2.24) is 0 Å². The molecule has 1 atom stereocenters. The number of hydrogen-bond donors (Lipinski definition) is 1.